The van der Waals surface area contributed by atoms with E-state index in [9.17, 15) is 18.3 Å². The van der Waals surface area contributed by atoms with Crippen LogP contribution in [0.1, 0.15) is 0 Å². The molecule has 25 heavy (non-hydrogen) atoms. The summed E-state index contributed by atoms with van der Waals surface area (Å²) in [5.74, 6) is -0.656. The summed E-state index contributed by atoms with van der Waals surface area (Å²) in [5.41, 5.74) is 0.105. The molecule has 0 bridgehead atoms. The third-order valence-corrected chi connectivity index (χ3v) is 5.64. The predicted molar refractivity (Wildman–Crippen MR) is 95.9 cm³/mol. The molecule has 0 spiro atoms. The lowest BCUT2D eigenvalue weighted by molar-refractivity contribution is -0.135. The molecule has 0 saturated carbocycles. The molecule has 0 heterocycles. The van der Waals surface area contributed by atoms with Crippen LogP contribution in [-0.4, -0.2) is 40.3 Å². The fourth-order valence-corrected chi connectivity index (χ4v) is 3.84. The molecule has 0 aliphatic rings. The minimum absolute atomic E-state index is 0.0326. The van der Waals surface area contributed by atoms with Crippen molar-refractivity contribution in [3.8, 4) is 11.5 Å². The van der Waals surface area contributed by atoms with Gasteiger partial charge in [0, 0.05) is 10.5 Å². The molecule has 0 aliphatic heterocycles. The van der Waals surface area contributed by atoms with Crippen LogP contribution in [0.15, 0.2) is 51.8 Å². The Morgan fingerprint density at radius 1 is 1.12 bits per heavy atom. The summed E-state index contributed by atoms with van der Waals surface area (Å²) in [6.07, 6.45) is 0. The van der Waals surface area contributed by atoms with E-state index in [0.29, 0.717) is 10.2 Å². The summed E-state index contributed by atoms with van der Waals surface area (Å²) in [7, 11) is -1.28. The highest BCUT2D eigenvalue weighted by Gasteiger charge is 2.29. The summed E-state index contributed by atoms with van der Waals surface area (Å²) < 4.78 is 37.7. The van der Waals surface area contributed by atoms with Crippen LogP contribution in [0, 0.1) is 0 Å². The number of anilines is 1. The van der Waals surface area contributed by atoms with Gasteiger partial charge in [0.2, 0.25) is 0 Å². The van der Waals surface area contributed by atoms with Crippen molar-refractivity contribution in [3.05, 3.63) is 46.9 Å². The number of methoxy groups -OCH3 is 2. The number of benzene rings is 2. The first kappa shape index (κ1) is 19.1. The molecule has 2 rings (SSSR count). The molecule has 9 heteroatoms. The Kier molecular flexibility index (Phi) is 5.91. The van der Waals surface area contributed by atoms with Gasteiger partial charge in [0.1, 0.15) is 18.0 Å². The van der Waals surface area contributed by atoms with Crippen molar-refractivity contribution < 1.29 is 27.8 Å². The quantitative estimate of drug-likeness (QED) is 0.726. The highest BCUT2D eigenvalue weighted by Crippen LogP contribution is 2.35. The molecule has 1 N–H and O–H groups in total. The van der Waals surface area contributed by atoms with E-state index < -0.39 is 22.5 Å². The lowest BCUT2D eigenvalue weighted by atomic mass is 10.2. The number of rotatable bonds is 7. The van der Waals surface area contributed by atoms with Crippen molar-refractivity contribution in [2.24, 2.45) is 0 Å². The number of ether oxygens (including phenoxy) is 2. The highest BCUT2D eigenvalue weighted by molar-refractivity contribution is 9.10. The first-order chi connectivity index (χ1) is 11.8. The fourth-order valence-electron chi connectivity index (χ4n) is 2.15. The van der Waals surface area contributed by atoms with E-state index in [1.54, 1.807) is 12.1 Å². The standard InChI is InChI=1S/C16H16BrNO6S/c1-23-12-5-8-14(15(9-12)24-2)18(10-16(19)20)25(21,22)13-6-3-11(17)4-7-13/h3-9H,10H2,1-2H3,(H,19,20). The monoisotopic (exact) mass is 429 g/mol. The van der Waals surface area contributed by atoms with E-state index in [1.807, 2.05) is 0 Å². The number of hydrogen-bond acceptors (Lipinski definition) is 5. The maximum Gasteiger partial charge on any atom is 0.324 e. The number of carboxylic acid groups (broad SMARTS) is 1. The van der Waals surface area contributed by atoms with Crippen LogP contribution < -0.4 is 13.8 Å². The second-order valence-electron chi connectivity index (χ2n) is 4.90. The first-order valence-electron chi connectivity index (χ1n) is 7.01. The zero-order valence-corrected chi connectivity index (χ0v) is 15.9. The van der Waals surface area contributed by atoms with Crippen molar-refractivity contribution in [2.75, 3.05) is 25.1 Å². The Balaban J connectivity index is 2.60. The Morgan fingerprint density at radius 2 is 1.76 bits per heavy atom. The predicted octanol–water partition coefficient (Wildman–Crippen LogP) is 2.75. The van der Waals surface area contributed by atoms with Crippen LogP contribution in [0.5, 0.6) is 11.5 Å². The molecule has 0 fully saturated rings. The van der Waals surface area contributed by atoms with Gasteiger partial charge in [0.05, 0.1) is 24.8 Å². The van der Waals surface area contributed by atoms with Gasteiger partial charge in [-0.2, -0.15) is 0 Å². The Morgan fingerprint density at radius 3 is 2.28 bits per heavy atom. The van der Waals surface area contributed by atoms with Gasteiger partial charge < -0.3 is 14.6 Å². The summed E-state index contributed by atoms with van der Waals surface area (Å²) in [6.45, 7) is -0.749. The third-order valence-electron chi connectivity index (χ3n) is 3.34. The van der Waals surface area contributed by atoms with E-state index in [2.05, 4.69) is 15.9 Å². The number of carboxylic acids is 1. The SMILES string of the molecule is COc1ccc(N(CC(=O)O)S(=O)(=O)c2ccc(Br)cc2)c(OC)c1. The first-order valence-corrected chi connectivity index (χ1v) is 9.25. The molecule has 0 unspecified atom stereocenters. The molecular formula is C16H16BrNO6S. The van der Waals surface area contributed by atoms with E-state index in [-0.39, 0.29) is 16.3 Å². The molecular weight excluding hydrogens is 414 g/mol. The maximum atomic E-state index is 13.0. The second kappa shape index (κ2) is 7.75. The van der Waals surface area contributed by atoms with Gasteiger partial charge in [0.25, 0.3) is 10.0 Å². The molecule has 2 aromatic carbocycles. The minimum Gasteiger partial charge on any atom is -0.497 e. The van der Waals surface area contributed by atoms with Crippen LogP contribution in [-0.2, 0) is 14.8 Å². The summed E-state index contributed by atoms with van der Waals surface area (Å²) in [6, 6.07) is 10.4. The van der Waals surface area contributed by atoms with Gasteiger partial charge in [-0.15, -0.1) is 0 Å². The molecule has 7 nitrogen and oxygen atoms in total. The van der Waals surface area contributed by atoms with Gasteiger partial charge in [0.15, 0.2) is 0 Å². The topological polar surface area (TPSA) is 93.1 Å². The summed E-state index contributed by atoms with van der Waals surface area (Å²) >= 11 is 3.24. The zero-order valence-electron chi connectivity index (χ0n) is 13.5. The van der Waals surface area contributed by atoms with Crippen molar-refractivity contribution in [1.82, 2.24) is 0 Å². The minimum atomic E-state index is -4.11. The molecule has 0 saturated heterocycles. The summed E-state index contributed by atoms with van der Waals surface area (Å²) in [4.78, 5) is 11.2. The molecule has 0 radical (unpaired) electrons. The normalized spacial score (nSPS) is 11.0. The van der Waals surface area contributed by atoms with Gasteiger partial charge in [-0.1, -0.05) is 15.9 Å². The molecule has 0 amide bonds. The lowest BCUT2D eigenvalue weighted by Gasteiger charge is -2.24. The largest absolute Gasteiger partial charge is 0.497 e. The van der Waals surface area contributed by atoms with Gasteiger partial charge >= 0.3 is 5.97 Å². The average molecular weight is 430 g/mol. The smallest absolute Gasteiger partial charge is 0.324 e. The van der Waals surface area contributed by atoms with E-state index in [0.717, 1.165) is 4.31 Å². The third kappa shape index (κ3) is 4.23. The average Bonchev–Trinajstić information content (AvgIpc) is 2.59. The van der Waals surface area contributed by atoms with Crippen LogP contribution in [0.3, 0.4) is 0 Å². The highest BCUT2D eigenvalue weighted by atomic mass is 79.9. The molecule has 2 aromatic rings. The Labute approximate surface area is 154 Å². The van der Waals surface area contributed by atoms with Crippen molar-refractivity contribution in [1.29, 1.82) is 0 Å². The van der Waals surface area contributed by atoms with Crippen LogP contribution in [0.25, 0.3) is 0 Å². The molecule has 0 aliphatic carbocycles. The molecule has 0 atom stereocenters. The Hall–Kier alpha value is -2.26. The van der Waals surface area contributed by atoms with Crippen LogP contribution in [0.4, 0.5) is 5.69 Å². The molecule has 0 aromatic heterocycles. The van der Waals surface area contributed by atoms with E-state index >= 15 is 0 Å². The number of aliphatic carboxylic acids is 1. The molecule has 134 valence electrons. The number of sulfonamides is 1. The maximum absolute atomic E-state index is 13.0. The van der Waals surface area contributed by atoms with Gasteiger partial charge in [-0.3, -0.25) is 9.10 Å². The number of nitrogens with zero attached hydrogens (tertiary/aromatic N) is 1. The van der Waals surface area contributed by atoms with Crippen LogP contribution in [0.2, 0.25) is 0 Å². The number of halogens is 1. The van der Waals surface area contributed by atoms with Crippen LogP contribution >= 0.6 is 15.9 Å². The van der Waals surface area contributed by atoms with E-state index in [4.69, 9.17) is 9.47 Å². The second-order valence-corrected chi connectivity index (χ2v) is 7.68. The van der Waals surface area contributed by atoms with Gasteiger partial charge in [-0.05, 0) is 36.4 Å². The van der Waals surface area contributed by atoms with Gasteiger partial charge in [-0.25, -0.2) is 8.42 Å². The van der Waals surface area contributed by atoms with Crippen molar-refractivity contribution >= 4 is 37.6 Å². The van der Waals surface area contributed by atoms with Crippen molar-refractivity contribution in [2.45, 2.75) is 4.90 Å². The number of hydrogen-bond donors (Lipinski definition) is 1. The number of carbonyl (C=O) groups is 1. The summed E-state index contributed by atoms with van der Waals surface area (Å²) in [5, 5.41) is 9.18. The zero-order chi connectivity index (χ0) is 18.6. The van der Waals surface area contributed by atoms with Crippen molar-refractivity contribution in [3.63, 3.8) is 0 Å². The lowest BCUT2D eigenvalue weighted by Crippen LogP contribution is -2.36. The Bertz CT molecular complexity index is 867. The fraction of sp³-hybridized carbons (Fsp3) is 0.188. The van der Waals surface area contributed by atoms with E-state index in [1.165, 1.54) is 44.6 Å².